The zero-order chi connectivity index (χ0) is 8.70. The minimum atomic E-state index is -1.04. The van der Waals surface area contributed by atoms with Crippen LogP contribution < -0.4 is 0 Å². The topological polar surface area (TPSA) is 20.2 Å². The van der Waals surface area contributed by atoms with Crippen molar-refractivity contribution in [2.45, 2.75) is 36.4 Å². The van der Waals surface area contributed by atoms with Crippen molar-refractivity contribution >= 4 is 24.0 Å². The van der Waals surface area contributed by atoms with E-state index in [-0.39, 0.29) is 0 Å². The van der Waals surface area contributed by atoms with Crippen LogP contribution in [0.1, 0.15) is 12.8 Å². The van der Waals surface area contributed by atoms with Gasteiger partial charge in [0.25, 0.3) is 0 Å². The molecule has 2 atom stereocenters. The van der Waals surface area contributed by atoms with Crippen molar-refractivity contribution in [1.82, 2.24) is 0 Å². The lowest BCUT2D eigenvalue weighted by molar-refractivity contribution is 0.280. The van der Waals surface area contributed by atoms with E-state index in [1.165, 1.54) is 6.42 Å². The highest BCUT2D eigenvalue weighted by molar-refractivity contribution is 9.10. The van der Waals surface area contributed by atoms with Gasteiger partial charge in [-0.2, -0.15) is 0 Å². The van der Waals surface area contributed by atoms with Crippen LogP contribution in [-0.2, 0) is 0 Å². The molecule has 0 aliphatic heterocycles. The maximum absolute atomic E-state index is 8.77. The molecule has 0 amide bonds. The van der Waals surface area contributed by atoms with Crippen LogP contribution in [0.25, 0.3) is 0 Å². The molecule has 66 valence electrons. The van der Waals surface area contributed by atoms with E-state index in [4.69, 9.17) is 5.11 Å². The third-order valence-electron chi connectivity index (χ3n) is 2.75. The van der Waals surface area contributed by atoms with E-state index >= 15 is 0 Å². The largest absolute Gasteiger partial charge is 0.396 e. The lowest BCUT2D eigenvalue weighted by atomic mass is 10.3. The molecule has 1 aliphatic rings. The zero-order valence-electron chi connectivity index (χ0n) is 7.52. The number of hydrogen-bond donors (Lipinski definition) is 1. The molecule has 0 radical (unpaired) electrons. The maximum atomic E-state index is 8.77. The summed E-state index contributed by atoms with van der Waals surface area (Å²) < 4.78 is 0.447. The Kier molecular flexibility index (Phi) is 2.53. The number of hydrogen-bond acceptors (Lipinski definition) is 1. The minimum Gasteiger partial charge on any atom is -0.396 e. The first-order valence-electron chi connectivity index (χ1n) is 4.21. The number of rotatable bonds is 3. The quantitative estimate of drug-likeness (QED) is 0.590. The summed E-state index contributed by atoms with van der Waals surface area (Å²) in [6.07, 6.45) is 2.26. The van der Waals surface area contributed by atoms with Crippen molar-refractivity contribution in [3.8, 4) is 0 Å². The van der Waals surface area contributed by atoms with Gasteiger partial charge in [0.2, 0.25) is 0 Å². The van der Waals surface area contributed by atoms with Crippen LogP contribution in [0.2, 0.25) is 19.6 Å². The Balaban J connectivity index is 2.49. The smallest absolute Gasteiger partial charge is 0.0638 e. The lowest BCUT2D eigenvalue weighted by Crippen LogP contribution is -2.37. The van der Waals surface area contributed by atoms with E-state index in [1.807, 2.05) is 0 Å². The van der Waals surface area contributed by atoms with Crippen molar-refractivity contribution in [2.24, 2.45) is 5.92 Å². The highest BCUT2D eigenvalue weighted by Crippen LogP contribution is 2.58. The zero-order valence-corrected chi connectivity index (χ0v) is 10.1. The van der Waals surface area contributed by atoms with E-state index < -0.39 is 8.07 Å². The van der Waals surface area contributed by atoms with Crippen molar-refractivity contribution in [2.75, 3.05) is 6.61 Å². The predicted octanol–water partition coefficient (Wildman–Crippen LogP) is 2.40. The second kappa shape index (κ2) is 2.86. The van der Waals surface area contributed by atoms with Gasteiger partial charge in [-0.15, -0.1) is 0 Å². The predicted molar refractivity (Wildman–Crippen MR) is 54.8 cm³/mol. The highest BCUT2D eigenvalue weighted by atomic mass is 79.9. The molecule has 1 saturated carbocycles. The Bertz CT molecular complexity index is 155. The molecular formula is C8H17BrOSi. The van der Waals surface area contributed by atoms with Crippen LogP contribution in [0.3, 0.4) is 0 Å². The highest BCUT2D eigenvalue weighted by Gasteiger charge is 2.59. The van der Waals surface area contributed by atoms with Crippen LogP contribution in [-0.4, -0.2) is 23.7 Å². The molecule has 0 bridgehead atoms. The molecule has 0 saturated heterocycles. The first-order chi connectivity index (χ1) is 4.92. The van der Waals surface area contributed by atoms with Crippen molar-refractivity contribution in [3.63, 3.8) is 0 Å². The summed E-state index contributed by atoms with van der Waals surface area (Å²) in [4.78, 5) is 0. The molecule has 1 aliphatic carbocycles. The molecule has 2 unspecified atom stereocenters. The molecular weight excluding hydrogens is 220 g/mol. The van der Waals surface area contributed by atoms with Crippen LogP contribution in [0.4, 0.5) is 0 Å². The summed E-state index contributed by atoms with van der Waals surface area (Å²) in [5, 5.41) is 8.77. The molecule has 1 nitrogen and oxygen atoms in total. The molecule has 0 aromatic rings. The molecule has 0 heterocycles. The van der Waals surface area contributed by atoms with Gasteiger partial charge < -0.3 is 5.11 Å². The number of aliphatic hydroxyl groups excluding tert-OH is 1. The fourth-order valence-electron chi connectivity index (χ4n) is 1.70. The molecule has 0 aromatic heterocycles. The van der Waals surface area contributed by atoms with Crippen molar-refractivity contribution < 1.29 is 5.11 Å². The first-order valence-corrected chi connectivity index (χ1v) is 8.51. The van der Waals surface area contributed by atoms with Crippen LogP contribution in [0, 0.1) is 5.92 Å². The van der Waals surface area contributed by atoms with Gasteiger partial charge in [0, 0.05) is 10.6 Å². The Morgan fingerprint density at radius 1 is 1.55 bits per heavy atom. The summed E-state index contributed by atoms with van der Waals surface area (Å²) in [5.74, 6) is 0.749. The first kappa shape index (κ1) is 9.74. The van der Waals surface area contributed by atoms with Gasteiger partial charge in [0.15, 0.2) is 0 Å². The van der Waals surface area contributed by atoms with Gasteiger partial charge in [0.05, 0.1) is 8.07 Å². The fraction of sp³-hybridized carbons (Fsp3) is 1.00. The van der Waals surface area contributed by atoms with Gasteiger partial charge in [-0.05, 0) is 18.8 Å². The molecule has 0 spiro atoms. The summed E-state index contributed by atoms with van der Waals surface area (Å²) in [6, 6.07) is 0. The van der Waals surface area contributed by atoms with E-state index in [1.54, 1.807) is 0 Å². The summed E-state index contributed by atoms with van der Waals surface area (Å²) in [5.41, 5.74) is 0. The molecule has 0 aromatic carbocycles. The lowest BCUT2D eigenvalue weighted by Gasteiger charge is -2.24. The standard InChI is InChI=1S/C8H17BrOSi/c1-11(2,3)8(9)6-7(8)4-5-10/h7,10H,4-6H2,1-3H3. The van der Waals surface area contributed by atoms with Crippen molar-refractivity contribution in [1.29, 1.82) is 0 Å². The Morgan fingerprint density at radius 3 is 2.36 bits per heavy atom. The fourth-order valence-corrected chi connectivity index (χ4v) is 4.55. The number of aliphatic hydroxyl groups is 1. The normalized spacial score (nSPS) is 37.4. The van der Waals surface area contributed by atoms with Gasteiger partial charge in [0.1, 0.15) is 0 Å². The maximum Gasteiger partial charge on any atom is 0.0638 e. The number of halogens is 1. The SMILES string of the molecule is C[Si](C)(C)C1(Br)CC1CCO. The van der Waals surface area contributed by atoms with Gasteiger partial charge >= 0.3 is 0 Å². The third-order valence-corrected chi connectivity index (χ3v) is 10.4. The van der Waals surface area contributed by atoms with Crippen LogP contribution >= 0.6 is 15.9 Å². The third kappa shape index (κ3) is 1.70. The molecule has 3 heteroatoms. The number of alkyl halides is 1. The average molecular weight is 237 g/mol. The summed E-state index contributed by atoms with van der Waals surface area (Å²) >= 11 is 3.83. The van der Waals surface area contributed by atoms with Gasteiger partial charge in [-0.3, -0.25) is 0 Å². The summed E-state index contributed by atoms with van der Waals surface area (Å²) in [6.45, 7) is 7.51. The van der Waals surface area contributed by atoms with Crippen molar-refractivity contribution in [3.05, 3.63) is 0 Å². The average Bonchev–Trinajstić information content (AvgIpc) is 2.43. The van der Waals surface area contributed by atoms with E-state index in [9.17, 15) is 0 Å². The molecule has 1 fully saturated rings. The second-order valence-electron chi connectivity index (χ2n) is 4.53. The Labute approximate surface area is 78.3 Å². The van der Waals surface area contributed by atoms with E-state index in [0.717, 1.165) is 12.3 Å². The Morgan fingerprint density at radius 2 is 2.09 bits per heavy atom. The summed E-state index contributed by atoms with van der Waals surface area (Å²) in [7, 11) is -1.04. The van der Waals surface area contributed by atoms with Crippen LogP contribution in [0.15, 0.2) is 0 Å². The van der Waals surface area contributed by atoms with E-state index in [0.29, 0.717) is 10.6 Å². The Hall–Kier alpha value is 0.657. The molecule has 11 heavy (non-hydrogen) atoms. The second-order valence-corrected chi connectivity index (χ2v) is 12.1. The monoisotopic (exact) mass is 236 g/mol. The van der Waals surface area contributed by atoms with E-state index in [2.05, 4.69) is 35.6 Å². The molecule has 1 rings (SSSR count). The molecule has 1 N–H and O–H groups in total. The van der Waals surface area contributed by atoms with Gasteiger partial charge in [-0.25, -0.2) is 0 Å². The van der Waals surface area contributed by atoms with Gasteiger partial charge in [-0.1, -0.05) is 35.6 Å². The van der Waals surface area contributed by atoms with Crippen LogP contribution in [0.5, 0.6) is 0 Å². The minimum absolute atomic E-state index is 0.350.